The van der Waals surface area contributed by atoms with Gasteiger partial charge in [-0.1, -0.05) is 23.9 Å². The molecule has 1 aromatic rings. The van der Waals surface area contributed by atoms with Crippen LogP contribution in [0.3, 0.4) is 0 Å². The van der Waals surface area contributed by atoms with E-state index in [0.717, 1.165) is 18.3 Å². The summed E-state index contributed by atoms with van der Waals surface area (Å²) in [6.45, 7) is 1.96. The molecule has 0 atom stereocenters. The van der Waals surface area contributed by atoms with Crippen molar-refractivity contribution < 1.29 is 0 Å². The summed E-state index contributed by atoms with van der Waals surface area (Å²) in [7, 11) is 0. The fourth-order valence-corrected chi connectivity index (χ4v) is 3.30. The van der Waals surface area contributed by atoms with Crippen molar-refractivity contribution in [3.05, 3.63) is 38.8 Å². The zero-order valence-corrected chi connectivity index (χ0v) is 11.0. The molecule has 2 heterocycles. The number of benzene rings is 1. The van der Waals surface area contributed by atoms with E-state index >= 15 is 0 Å². The Kier molecular flexibility index (Phi) is 2.48. The average molecular weight is 328 g/mol. The number of hydrogen-bond donors (Lipinski definition) is 0. The number of rotatable bonds is 1. The fraction of sp³-hybridized carbons (Fsp3) is 0.182. The molecule has 0 aromatic heterocycles. The summed E-state index contributed by atoms with van der Waals surface area (Å²) < 4.78 is 1.28. The normalized spacial score (nSPS) is 18.9. The van der Waals surface area contributed by atoms with Crippen molar-refractivity contribution in [1.82, 2.24) is 4.90 Å². The number of thioether (sulfide) groups is 1. The summed E-state index contributed by atoms with van der Waals surface area (Å²) in [5, 5.41) is 3.35. The molecule has 2 aliphatic rings. The zero-order chi connectivity index (χ0) is 10.3. The van der Waals surface area contributed by atoms with Gasteiger partial charge in [0.25, 0.3) is 0 Å². The molecule has 3 rings (SSSR count). The van der Waals surface area contributed by atoms with Crippen LogP contribution < -0.4 is 0 Å². The van der Waals surface area contributed by atoms with Crippen LogP contribution in [0.1, 0.15) is 5.56 Å². The maximum atomic E-state index is 4.45. The first-order chi connectivity index (χ1) is 7.34. The number of hydrogen-bond acceptors (Lipinski definition) is 3. The molecule has 0 amide bonds. The van der Waals surface area contributed by atoms with Crippen molar-refractivity contribution in [3.8, 4) is 0 Å². The molecule has 2 nitrogen and oxygen atoms in total. The first kappa shape index (κ1) is 9.72. The molecule has 0 N–H and O–H groups in total. The second kappa shape index (κ2) is 3.83. The molecule has 0 bridgehead atoms. The first-order valence-corrected chi connectivity index (χ1v) is 6.75. The van der Waals surface area contributed by atoms with Crippen LogP contribution in [-0.2, 0) is 0 Å². The predicted molar refractivity (Wildman–Crippen MR) is 73.7 cm³/mol. The third-order valence-corrected chi connectivity index (χ3v) is 4.06. The van der Waals surface area contributed by atoms with E-state index < -0.39 is 0 Å². The Hall–Kier alpha value is -0.490. The van der Waals surface area contributed by atoms with Crippen molar-refractivity contribution in [1.29, 1.82) is 0 Å². The van der Waals surface area contributed by atoms with Gasteiger partial charge in [-0.05, 0) is 40.3 Å². The highest BCUT2D eigenvalue weighted by Gasteiger charge is 2.26. The topological polar surface area (TPSA) is 15.6 Å². The van der Waals surface area contributed by atoms with E-state index in [0.29, 0.717) is 0 Å². The van der Waals surface area contributed by atoms with Gasteiger partial charge < -0.3 is 4.90 Å². The molecule has 1 aromatic carbocycles. The quantitative estimate of drug-likeness (QED) is 0.737. The Bertz CT molecular complexity index is 467. The lowest BCUT2D eigenvalue weighted by atomic mass is 10.1. The molecule has 0 unspecified atom stereocenters. The Morgan fingerprint density at radius 3 is 3.20 bits per heavy atom. The number of aliphatic imine (C=N–C) groups is 1. The average Bonchev–Trinajstić information content (AvgIpc) is 2.77. The van der Waals surface area contributed by atoms with E-state index in [1.54, 1.807) is 11.8 Å². The number of fused-ring (bicyclic) bond motifs is 1. The largest absolute Gasteiger partial charge is 0.318 e. The molecule has 15 heavy (non-hydrogen) atoms. The van der Waals surface area contributed by atoms with E-state index in [9.17, 15) is 0 Å². The monoisotopic (exact) mass is 328 g/mol. The van der Waals surface area contributed by atoms with Crippen LogP contribution in [0.2, 0.25) is 0 Å². The van der Waals surface area contributed by atoms with Crippen LogP contribution in [-0.4, -0.2) is 23.2 Å². The maximum absolute atomic E-state index is 4.45. The van der Waals surface area contributed by atoms with Crippen molar-refractivity contribution in [3.63, 3.8) is 0 Å². The Morgan fingerprint density at radius 2 is 2.33 bits per heavy atom. The summed E-state index contributed by atoms with van der Waals surface area (Å²) in [4.78, 5) is 6.75. The highest BCUT2D eigenvalue weighted by atomic mass is 127. The van der Waals surface area contributed by atoms with E-state index in [1.807, 2.05) is 0 Å². The van der Waals surface area contributed by atoms with E-state index in [2.05, 4.69) is 62.2 Å². The molecule has 4 heteroatoms. The minimum atomic E-state index is 0.934. The maximum Gasteiger partial charge on any atom is 0.168 e. The van der Waals surface area contributed by atoms with Gasteiger partial charge in [0, 0.05) is 15.5 Å². The lowest BCUT2D eigenvalue weighted by molar-refractivity contribution is 0.650. The van der Waals surface area contributed by atoms with Gasteiger partial charge in [-0.15, -0.1) is 0 Å². The van der Waals surface area contributed by atoms with Crippen LogP contribution in [0.5, 0.6) is 0 Å². The number of halogens is 1. The zero-order valence-electron chi connectivity index (χ0n) is 7.98. The highest BCUT2D eigenvalue weighted by molar-refractivity contribution is 14.1. The number of amidine groups is 1. The van der Waals surface area contributed by atoms with Crippen LogP contribution in [0.15, 0.2) is 34.7 Å². The second-order valence-corrected chi connectivity index (χ2v) is 5.53. The predicted octanol–water partition coefficient (Wildman–Crippen LogP) is 3.01. The van der Waals surface area contributed by atoms with E-state index in [-0.39, 0.29) is 0 Å². The van der Waals surface area contributed by atoms with Crippen LogP contribution in [0.4, 0.5) is 0 Å². The second-order valence-electron chi connectivity index (χ2n) is 3.45. The summed E-state index contributed by atoms with van der Waals surface area (Å²) in [5.41, 5.74) is 2.59. The molecular weight excluding hydrogens is 319 g/mol. The van der Waals surface area contributed by atoms with E-state index in [4.69, 9.17) is 0 Å². The summed E-state index contributed by atoms with van der Waals surface area (Å²) >= 11 is 4.08. The lowest BCUT2D eigenvalue weighted by Gasteiger charge is -2.16. The van der Waals surface area contributed by atoms with Gasteiger partial charge in [-0.25, -0.2) is 0 Å². The van der Waals surface area contributed by atoms with Crippen LogP contribution >= 0.6 is 34.4 Å². The van der Waals surface area contributed by atoms with Crippen molar-refractivity contribution in [2.45, 2.75) is 0 Å². The Labute approximate surface area is 107 Å². The molecule has 0 saturated heterocycles. The van der Waals surface area contributed by atoms with Crippen molar-refractivity contribution in [2.75, 3.05) is 13.1 Å². The smallest absolute Gasteiger partial charge is 0.168 e. The van der Waals surface area contributed by atoms with Crippen LogP contribution in [0.25, 0.3) is 5.70 Å². The summed E-state index contributed by atoms with van der Waals surface area (Å²) in [5.74, 6) is 0. The fourth-order valence-electron chi connectivity index (χ4n) is 1.79. The molecule has 0 aliphatic carbocycles. The van der Waals surface area contributed by atoms with Crippen LogP contribution in [0, 0.1) is 3.57 Å². The van der Waals surface area contributed by atoms with Gasteiger partial charge in [-0.2, -0.15) is 0 Å². The van der Waals surface area contributed by atoms with Gasteiger partial charge in [0.05, 0.1) is 12.2 Å². The molecular formula is C11H9IN2S. The van der Waals surface area contributed by atoms with Crippen molar-refractivity contribution >= 4 is 45.2 Å². The molecule has 76 valence electrons. The lowest BCUT2D eigenvalue weighted by Crippen LogP contribution is -2.19. The van der Waals surface area contributed by atoms with Gasteiger partial charge in [0.2, 0.25) is 0 Å². The van der Waals surface area contributed by atoms with Gasteiger partial charge >= 0.3 is 0 Å². The van der Waals surface area contributed by atoms with Gasteiger partial charge in [-0.3, -0.25) is 4.99 Å². The summed E-state index contributed by atoms with van der Waals surface area (Å²) in [6.07, 6.45) is 0. The third kappa shape index (κ3) is 1.69. The minimum Gasteiger partial charge on any atom is -0.318 e. The Balaban J connectivity index is 1.99. The van der Waals surface area contributed by atoms with Gasteiger partial charge in [0.15, 0.2) is 5.17 Å². The first-order valence-electron chi connectivity index (χ1n) is 4.79. The Morgan fingerprint density at radius 1 is 1.40 bits per heavy atom. The van der Waals surface area contributed by atoms with Crippen molar-refractivity contribution in [2.24, 2.45) is 4.99 Å². The summed E-state index contributed by atoms with van der Waals surface area (Å²) in [6, 6.07) is 8.60. The third-order valence-electron chi connectivity index (χ3n) is 2.49. The standard InChI is InChI=1S/C11H9IN2S/c12-9-3-1-2-8(6-9)10-7-15-11-13-4-5-14(10)11/h1-3,6-7H,4-5H2. The molecule has 2 aliphatic heterocycles. The van der Waals surface area contributed by atoms with E-state index in [1.165, 1.54) is 14.8 Å². The highest BCUT2D eigenvalue weighted by Crippen LogP contribution is 2.35. The number of nitrogens with zero attached hydrogens (tertiary/aromatic N) is 2. The SMILES string of the molecule is Ic1cccc(C2=CSC3=NCCN23)c1. The molecule has 0 spiro atoms. The minimum absolute atomic E-state index is 0.934. The molecule has 0 radical (unpaired) electrons. The molecule has 0 saturated carbocycles. The molecule has 0 fully saturated rings. The van der Waals surface area contributed by atoms with Gasteiger partial charge in [0.1, 0.15) is 0 Å².